The van der Waals surface area contributed by atoms with Crippen molar-refractivity contribution in [3.8, 4) is 90.0 Å². The molecule has 14 aromatic rings. The molecule has 0 aliphatic heterocycles. The van der Waals surface area contributed by atoms with E-state index in [1.165, 1.54) is 43.8 Å². The third-order valence-corrected chi connectivity index (χ3v) is 14.3. The van der Waals surface area contributed by atoms with Gasteiger partial charge in [-0.1, -0.05) is 194 Å². The fourth-order valence-electron chi connectivity index (χ4n) is 10.8. The van der Waals surface area contributed by atoms with Crippen LogP contribution in [0.2, 0.25) is 0 Å². The summed E-state index contributed by atoms with van der Waals surface area (Å²) in [5.41, 5.74) is 17.4. The van der Waals surface area contributed by atoms with E-state index in [4.69, 9.17) is 19.9 Å². The molecule has 0 spiro atoms. The molecule has 0 amide bonds. The van der Waals surface area contributed by atoms with Gasteiger partial charge in [0, 0.05) is 23.5 Å². The molecule has 0 unspecified atom stereocenters. The predicted octanol–water partition coefficient (Wildman–Crippen LogP) is 17.1. The van der Waals surface area contributed by atoms with Crippen molar-refractivity contribution in [1.29, 1.82) is 0 Å². The molecule has 0 aliphatic rings. The van der Waals surface area contributed by atoms with Crippen molar-refractivity contribution in [2.24, 2.45) is 0 Å². The number of fused-ring (bicyclic) bond motifs is 4. The summed E-state index contributed by atoms with van der Waals surface area (Å²) in [4.78, 5) is 19.9. The molecular weight excluding hydrogens is 901 g/mol. The van der Waals surface area contributed by atoms with Gasteiger partial charge < -0.3 is 0 Å². The van der Waals surface area contributed by atoms with Crippen molar-refractivity contribution >= 4 is 43.6 Å². The first-order valence-corrected chi connectivity index (χ1v) is 24.9. The van der Waals surface area contributed by atoms with E-state index in [-0.39, 0.29) is 0 Å². The second kappa shape index (κ2) is 18.0. The fraction of sp³-hybridized carbons (Fsp3) is 0. The molecule has 6 nitrogen and oxygen atoms in total. The minimum atomic E-state index is 0.832. The van der Waals surface area contributed by atoms with Crippen molar-refractivity contribution in [2.75, 3.05) is 0 Å². The average Bonchev–Trinajstić information content (AvgIpc) is 4.07. The maximum atomic E-state index is 5.27. The first-order chi connectivity index (χ1) is 36.7. The number of aromatic nitrogens is 6. The lowest BCUT2D eigenvalue weighted by molar-refractivity contribution is 1.03. The Labute approximate surface area is 427 Å². The molecule has 4 heterocycles. The maximum absolute atomic E-state index is 5.27. The highest BCUT2D eigenvalue weighted by Crippen LogP contribution is 2.46. The SMILES string of the molecule is c1ccc(-c2c3ccc(-c4ccc5c(c4)nc(-c4ccccc4)n5-c4ccccn4)cc3c(-c3ccccc3)c3ccc(-c4ccc(-c5ccc6c(c5)nc(-c5ccccc5)n6-c5ccccn5)cc4)cc23)cc1. The van der Waals surface area contributed by atoms with Gasteiger partial charge in [-0.15, -0.1) is 0 Å². The molecule has 0 saturated heterocycles. The Balaban J connectivity index is 0.891. The minimum Gasteiger partial charge on any atom is -0.276 e. The van der Waals surface area contributed by atoms with Gasteiger partial charge in [-0.05, 0) is 138 Å². The van der Waals surface area contributed by atoms with Gasteiger partial charge in [0.15, 0.2) is 0 Å². The van der Waals surface area contributed by atoms with Gasteiger partial charge in [-0.2, -0.15) is 0 Å². The third-order valence-electron chi connectivity index (χ3n) is 14.3. The van der Waals surface area contributed by atoms with E-state index < -0.39 is 0 Å². The minimum absolute atomic E-state index is 0.832. The number of benzene rings is 10. The van der Waals surface area contributed by atoms with E-state index in [0.717, 1.165) is 89.9 Å². The van der Waals surface area contributed by atoms with Crippen LogP contribution in [-0.4, -0.2) is 29.1 Å². The zero-order valence-electron chi connectivity index (χ0n) is 40.1. The number of imidazole rings is 2. The Morgan fingerprint density at radius 3 is 0.986 bits per heavy atom. The smallest absolute Gasteiger partial charge is 0.146 e. The van der Waals surface area contributed by atoms with Gasteiger partial charge >= 0.3 is 0 Å². The van der Waals surface area contributed by atoms with Gasteiger partial charge in [-0.3, -0.25) is 9.13 Å². The van der Waals surface area contributed by atoms with Gasteiger partial charge in [-0.25, -0.2) is 19.9 Å². The Kier molecular flexibility index (Phi) is 10.4. The molecule has 0 bridgehead atoms. The van der Waals surface area contributed by atoms with Gasteiger partial charge in [0.05, 0.1) is 22.1 Å². The molecule has 14 rings (SSSR count). The molecule has 0 radical (unpaired) electrons. The van der Waals surface area contributed by atoms with Crippen LogP contribution in [0.3, 0.4) is 0 Å². The Morgan fingerprint density at radius 1 is 0.243 bits per heavy atom. The van der Waals surface area contributed by atoms with Crippen LogP contribution >= 0.6 is 0 Å². The molecule has 6 heteroatoms. The molecule has 10 aromatic carbocycles. The van der Waals surface area contributed by atoms with Crippen LogP contribution in [0.4, 0.5) is 0 Å². The zero-order valence-corrected chi connectivity index (χ0v) is 40.1. The van der Waals surface area contributed by atoms with Gasteiger partial charge in [0.1, 0.15) is 23.3 Å². The Bertz CT molecular complexity index is 4360. The van der Waals surface area contributed by atoms with E-state index in [2.05, 4.69) is 203 Å². The molecule has 0 fully saturated rings. The van der Waals surface area contributed by atoms with Crippen molar-refractivity contribution in [1.82, 2.24) is 29.1 Å². The topological polar surface area (TPSA) is 61.4 Å². The van der Waals surface area contributed by atoms with E-state index in [1.807, 2.05) is 73.1 Å². The number of hydrogen-bond acceptors (Lipinski definition) is 4. The summed E-state index contributed by atoms with van der Waals surface area (Å²) in [5.74, 6) is 3.39. The van der Waals surface area contributed by atoms with E-state index in [9.17, 15) is 0 Å². The number of pyridine rings is 2. The van der Waals surface area contributed by atoms with Crippen LogP contribution in [0, 0.1) is 0 Å². The van der Waals surface area contributed by atoms with E-state index in [1.54, 1.807) is 0 Å². The second-order valence-corrected chi connectivity index (χ2v) is 18.6. The molecular formula is C68H44N6. The molecule has 0 N–H and O–H groups in total. The van der Waals surface area contributed by atoms with Crippen LogP contribution in [-0.2, 0) is 0 Å². The van der Waals surface area contributed by atoms with Crippen molar-refractivity contribution < 1.29 is 0 Å². The summed E-state index contributed by atoms with van der Waals surface area (Å²) in [5, 5.41) is 4.79. The van der Waals surface area contributed by atoms with Crippen molar-refractivity contribution in [2.45, 2.75) is 0 Å². The second-order valence-electron chi connectivity index (χ2n) is 18.6. The monoisotopic (exact) mass is 944 g/mol. The summed E-state index contributed by atoms with van der Waals surface area (Å²) < 4.78 is 4.31. The van der Waals surface area contributed by atoms with Gasteiger partial charge in [0.2, 0.25) is 0 Å². The van der Waals surface area contributed by atoms with Crippen molar-refractivity contribution in [3.63, 3.8) is 0 Å². The molecule has 0 atom stereocenters. The summed E-state index contributed by atoms with van der Waals surface area (Å²) >= 11 is 0. The maximum Gasteiger partial charge on any atom is 0.146 e. The van der Waals surface area contributed by atoms with Crippen LogP contribution < -0.4 is 0 Å². The quantitative estimate of drug-likeness (QED) is 0.135. The summed E-state index contributed by atoms with van der Waals surface area (Å²) in [6.07, 6.45) is 3.66. The van der Waals surface area contributed by atoms with Crippen molar-refractivity contribution in [3.05, 3.63) is 267 Å². The first-order valence-electron chi connectivity index (χ1n) is 24.9. The molecule has 0 aliphatic carbocycles. The summed E-state index contributed by atoms with van der Waals surface area (Å²) in [7, 11) is 0. The number of nitrogens with zero attached hydrogens (tertiary/aromatic N) is 6. The summed E-state index contributed by atoms with van der Waals surface area (Å²) in [6, 6.07) is 90.5. The third kappa shape index (κ3) is 7.44. The first kappa shape index (κ1) is 42.8. The van der Waals surface area contributed by atoms with Crippen LogP contribution in [0.25, 0.3) is 134 Å². The van der Waals surface area contributed by atoms with E-state index >= 15 is 0 Å². The Morgan fingerprint density at radius 2 is 0.581 bits per heavy atom. The zero-order chi connectivity index (χ0) is 49.0. The highest BCUT2D eigenvalue weighted by molar-refractivity contribution is 6.22. The molecule has 0 saturated carbocycles. The predicted molar refractivity (Wildman–Crippen MR) is 304 cm³/mol. The average molecular weight is 945 g/mol. The summed E-state index contributed by atoms with van der Waals surface area (Å²) in [6.45, 7) is 0. The lowest BCUT2D eigenvalue weighted by Crippen LogP contribution is -1.99. The lowest BCUT2D eigenvalue weighted by Gasteiger charge is -2.19. The molecule has 74 heavy (non-hydrogen) atoms. The number of rotatable bonds is 9. The normalized spacial score (nSPS) is 11.5. The van der Waals surface area contributed by atoms with Crippen LogP contribution in [0.1, 0.15) is 0 Å². The van der Waals surface area contributed by atoms with Crippen LogP contribution in [0.5, 0.6) is 0 Å². The highest BCUT2D eigenvalue weighted by Gasteiger charge is 2.21. The standard InChI is InChI=1S/C68H44N6/c1-5-17-47(18-6-1)65-56-36-32-52(54-34-38-62-60(44-54)72-68(50-23-11-4-12-24-50)74(62)64-26-14-16-40-70-64)42-58(56)66(48-19-7-2-8-20-48)55-35-31-51(41-57(55)65)45-27-29-46(30-28-45)53-33-37-61-59(43-53)71-67(49-21-9-3-10-22-49)73(61)63-25-13-15-39-69-63/h1-44H. The van der Waals surface area contributed by atoms with Crippen LogP contribution in [0.15, 0.2) is 267 Å². The molecule has 346 valence electrons. The fourth-order valence-corrected chi connectivity index (χ4v) is 10.8. The number of hydrogen-bond donors (Lipinski definition) is 0. The largest absolute Gasteiger partial charge is 0.276 e. The van der Waals surface area contributed by atoms with E-state index in [0.29, 0.717) is 0 Å². The van der Waals surface area contributed by atoms with Gasteiger partial charge in [0.25, 0.3) is 0 Å². The highest BCUT2D eigenvalue weighted by atomic mass is 15.1. The molecule has 4 aromatic heterocycles. The lowest BCUT2D eigenvalue weighted by atomic mass is 9.84. The Hall–Kier alpha value is -10.0.